The van der Waals surface area contributed by atoms with Crippen LogP contribution >= 0.6 is 11.6 Å². The third kappa shape index (κ3) is 8.09. The molecule has 0 aliphatic rings. The summed E-state index contributed by atoms with van der Waals surface area (Å²) < 4.78 is 0. The summed E-state index contributed by atoms with van der Waals surface area (Å²) in [5.41, 5.74) is 0. The Balaban J connectivity index is 3.33. The molecule has 2 heteroatoms. The van der Waals surface area contributed by atoms with Gasteiger partial charge in [-0.2, -0.15) is 0 Å². The van der Waals surface area contributed by atoms with Crippen molar-refractivity contribution in [2.45, 2.75) is 20.3 Å². The summed E-state index contributed by atoms with van der Waals surface area (Å²) >= 11 is 5.51. The first-order valence-corrected chi connectivity index (χ1v) is 5.09. The van der Waals surface area contributed by atoms with E-state index < -0.39 is 0 Å². The minimum atomic E-state index is 0.623. The van der Waals surface area contributed by atoms with Crippen LogP contribution < -0.4 is 0 Å². The van der Waals surface area contributed by atoms with Crippen LogP contribution in [-0.2, 0) is 0 Å². The molecule has 0 bridgehead atoms. The predicted octanol–water partition coefficient (Wildman–Crippen LogP) is 2.76. The highest BCUT2D eigenvalue weighted by molar-refractivity contribution is 6.18. The van der Waals surface area contributed by atoms with E-state index in [2.05, 4.69) is 31.9 Å². The average molecular weight is 190 g/mol. The minimum Gasteiger partial charge on any atom is -0.303 e. The first kappa shape index (κ1) is 12.0. The molecule has 0 radical (unpaired) electrons. The molecule has 12 heavy (non-hydrogen) atoms. The zero-order valence-corrected chi connectivity index (χ0v) is 9.14. The monoisotopic (exact) mass is 189 g/mol. The highest BCUT2D eigenvalue weighted by atomic mass is 35.5. The third-order valence-corrected chi connectivity index (χ3v) is 1.94. The van der Waals surface area contributed by atoms with Crippen molar-refractivity contribution in [1.29, 1.82) is 0 Å². The van der Waals surface area contributed by atoms with E-state index in [9.17, 15) is 0 Å². The molecule has 0 aromatic heterocycles. The molecule has 0 spiro atoms. The Kier molecular flexibility index (Phi) is 7.62. The Morgan fingerprint density at radius 1 is 1.33 bits per heavy atom. The van der Waals surface area contributed by atoms with Gasteiger partial charge in [0.25, 0.3) is 0 Å². The molecular weight excluding hydrogens is 170 g/mol. The van der Waals surface area contributed by atoms with E-state index in [1.54, 1.807) is 0 Å². The number of hydrogen-bond donors (Lipinski definition) is 0. The Morgan fingerprint density at radius 3 is 2.50 bits per heavy atom. The Labute approximate surface area is 81.4 Å². The van der Waals surface area contributed by atoms with Gasteiger partial charge in [-0.3, -0.25) is 0 Å². The third-order valence-electron chi connectivity index (χ3n) is 1.76. The van der Waals surface area contributed by atoms with E-state index in [0.29, 0.717) is 5.88 Å². The summed E-state index contributed by atoms with van der Waals surface area (Å²) in [5, 5.41) is 0. The minimum absolute atomic E-state index is 0.623. The number of halogens is 1. The van der Waals surface area contributed by atoms with Crippen LogP contribution in [0.2, 0.25) is 0 Å². The lowest BCUT2D eigenvalue weighted by Crippen LogP contribution is -2.20. The summed E-state index contributed by atoms with van der Waals surface area (Å²) in [5.74, 6) is 1.42. The van der Waals surface area contributed by atoms with Gasteiger partial charge in [-0.25, -0.2) is 0 Å². The lowest BCUT2D eigenvalue weighted by Gasteiger charge is -2.15. The predicted molar refractivity (Wildman–Crippen MR) is 56.8 cm³/mol. The maximum Gasteiger partial charge on any atom is 0.0404 e. The van der Waals surface area contributed by atoms with Crippen molar-refractivity contribution in [2.75, 3.05) is 26.0 Å². The van der Waals surface area contributed by atoms with Crippen molar-refractivity contribution < 1.29 is 0 Å². The number of alkyl halides is 1. The number of likely N-dealkylation sites (N-methyl/N-ethyl adjacent to an activating group) is 1. The smallest absolute Gasteiger partial charge is 0.0404 e. The first-order valence-electron chi connectivity index (χ1n) is 4.56. The summed E-state index contributed by atoms with van der Waals surface area (Å²) in [7, 11) is 2.14. The average Bonchev–Trinajstić information content (AvgIpc) is 2.01. The molecule has 0 saturated heterocycles. The van der Waals surface area contributed by atoms with E-state index in [-0.39, 0.29) is 0 Å². The van der Waals surface area contributed by atoms with Crippen molar-refractivity contribution in [3.8, 4) is 0 Å². The number of hydrogen-bond acceptors (Lipinski definition) is 1. The molecule has 0 aliphatic carbocycles. The molecule has 0 saturated carbocycles. The van der Waals surface area contributed by atoms with Gasteiger partial charge in [-0.15, -0.1) is 11.6 Å². The van der Waals surface area contributed by atoms with Crippen molar-refractivity contribution in [2.24, 2.45) is 5.92 Å². The highest BCUT2D eigenvalue weighted by Crippen LogP contribution is 2.00. The van der Waals surface area contributed by atoms with Crippen molar-refractivity contribution in [1.82, 2.24) is 4.90 Å². The topological polar surface area (TPSA) is 3.24 Å². The highest BCUT2D eigenvalue weighted by Gasteiger charge is 1.97. The van der Waals surface area contributed by atoms with Crippen LogP contribution in [0.4, 0.5) is 0 Å². The molecule has 0 fully saturated rings. The fraction of sp³-hybridized carbons (Fsp3) is 0.800. The molecule has 0 N–H and O–H groups in total. The van der Waals surface area contributed by atoms with Gasteiger partial charge >= 0.3 is 0 Å². The van der Waals surface area contributed by atoms with Crippen LogP contribution in [0.25, 0.3) is 0 Å². The maximum atomic E-state index is 5.51. The molecule has 72 valence electrons. The molecule has 0 aliphatic heterocycles. The van der Waals surface area contributed by atoms with Gasteiger partial charge in [0.15, 0.2) is 0 Å². The molecular formula is C10H20ClN. The molecule has 0 aromatic rings. The Bertz CT molecular complexity index is 121. The van der Waals surface area contributed by atoms with Gasteiger partial charge in [0, 0.05) is 12.4 Å². The molecule has 0 aromatic carbocycles. The zero-order valence-electron chi connectivity index (χ0n) is 8.39. The van der Waals surface area contributed by atoms with Gasteiger partial charge in [-0.1, -0.05) is 26.0 Å². The first-order chi connectivity index (χ1) is 5.66. The van der Waals surface area contributed by atoms with E-state index in [1.165, 1.54) is 13.0 Å². The normalized spacial score (nSPS) is 12.2. The van der Waals surface area contributed by atoms with Crippen LogP contribution in [0, 0.1) is 5.92 Å². The van der Waals surface area contributed by atoms with Crippen LogP contribution in [0.3, 0.4) is 0 Å². The van der Waals surface area contributed by atoms with E-state index in [1.807, 2.05) is 6.08 Å². The summed E-state index contributed by atoms with van der Waals surface area (Å²) in [6.45, 7) is 6.69. The SMILES string of the molecule is CC(C)CCN(C)CC=CCCl. The second kappa shape index (κ2) is 7.63. The van der Waals surface area contributed by atoms with Crippen LogP contribution in [-0.4, -0.2) is 30.9 Å². The molecule has 0 atom stereocenters. The van der Waals surface area contributed by atoms with Crippen molar-refractivity contribution in [3.05, 3.63) is 12.2 Å². The van der Waals surface area contributed by atoms with Crippen LogP contribution in [0.5, 0.6) is 0 Å². The van der Waals surface area contributed by atoms with Gasteiger partial charge < -0.3 is 4.90 Å². The second-order valence-electron chi connectivity index (χ2n) is 3.57. The van der Waals surface area contributed by atoms with Gasteiger partial charge in [0.2, 0.25) is 0 Å². The van der Waals surface area contributed by atoms with E-state index >= 15 is 0 Å². The Hall–Kier alpha value is -0.0100. The molecule has 0 heterocycles. The summed E-state index contributed by atoms with van der Waals surface area (Å²) in [6.07, 6.45) is 5.38. The second-order valence-corrected chi connectivity index (χ2v) is 3.88. The van der Waals surface area contributed by atoms with E-state index in [0.717, 1.165) is 12.5 Å². The standard InChI is InChI=1S/C10H20ClN/c1-10(2)6-9-12(3)8-5-4-7-11/h4-5,10H,6-9H2,1-3H3. The molecule has 1 nitrogen and oxygen atoms in total. The molecule has 0 amide bonds. The lowest BCUT2D eigenvalue weighted by atomic mass is 10.1. The number of rotatable bonds is 6. The van der Waals surface area contributed by atoms with Crippen LogP contribution in [0.1, 0.15) is 20.3 Å². The van der Waals surface area contributed by atoms with Gasteiger partial charge in [-0.05, 0) is 25.9 Å². The number of allylic oxidation sites excluding steroid dienone is 1. The van der Waals surface area contributed by atoms with Gasteiger partial charge in [0.05, 0.1) is 0 Å². The Morgan fingerprint density at radius 2 is 2.00 bits per heavy atom. The quantitative estimate of drug-likeness (QED) is 0.459. The maximum absolute atomic E-state index is 5.51. The summed E-state index contributed by atoms with van der Waals surface area (Å²) in [6, 6.07) is 0. The fourth-order valence-corrected chi connectivity index (χ4v) is 1.01. The van der Waals surface area contributed by atoms with Crippen LogP contribution in [0.15, 0.2) is 12.2 Å². The molecule has 0 unspecified atom stereocenters. The summed E-state index contributed by atoms with van der Waals surface area (Å²) in [4.78, 5) is 2.31. The van der Waals surface area contributed by atoms with Crippen molar-refractivity contribution in [3.63, 3.8) is 0 Å². The molecule has 0 rings (SSSR count). The largest absolute Gasteiger partial charge is 0.303 e. The number of nitrogens with zero attached hydrogens (tertiary/aromatic N) is 1. The lowest BCUT2D eigenvalue weighted by molar-refractivity contribution is 0.339. The van der Waals surface area contributed by atoms with Crippen molar-refractivity contribution >= 4 is 11.6 Å². The zero-order chi connectivity index (χ0) is 9.40. The van der Waals surface area contributed by atoms with Gasteiger partial charge in [0.1, 0.15) is 0 Å². The fourth-order valence-electron chi connectivity index (χ4n) is 0.887. The van der Waals surface area contributed by atoms with E-state index in [4.69, 9.17) is 11.6 Å².